The van der Waals surface area contributed by atoms with E-state index >= 15 is 0 Å². The molecule has 0 fully saturated rings. The minimum Gasteiger partial charge on any atom is -0.491 e. The minimum absolute atomic E-state index is 0.238. The Bertz CT molecular complexity index is 432. The standard InChI is InChI=1S/C20H36NO2/c1-7-8-9-14-20(2,3)18-10-12-19(13-11-18)23-16-15-22-17-21(4,5)6/h10-13H,7-9,14-17H2,1-6H3/q+1. The van der Waals surface area contributed by atoms with Crippen molar-refractivity contribution >= 4 is 0 Å². The first-order valence-corrected chi connectivity index (χ1v) is 8.86. The highest BCUT2D eigenvalue weighted by Crippen LogP contribution is 2.30. The highest BCUT2D eigenvalue weighted by atomic mass is 16.5. The van der Waals surface area contributed by atoms with E-state index in [-0.39, 0.29) is 5.41 Å². The first kappa shape index (κ1) is 20.0. The van der Waals surface area contributed by atoms with Crippen molar-refractivity contribution in [3.05, 3.63) is 29.8 Å². The summed E-state index contributed by atoms with van der Waals surface area (Å²) in [6.07, 6.45) is 5.13. The van der Waals surface area contributed by atoms with Gasteiger partial charge in [-0.1, -0.05) is 52.2 Å². The molecule has 0 spiro atoms. The molecule has 0 amide bonds. The molecule has 0 radical (unpaired) electrons. The Kier molecular flexibility index (Phi) is 8.07. The first-order valence-electron chi connectivity index (χ1n) is 8.86. The van der Waals surface area contributed by atoms with Crippen LogP contribution in [0.25, 0.3) is 0 Å². The molecule has 3 heteroatoms. The van der Waals surface area contributed by atoms with E-state index in [4.69, 9.17) is 9.47 Å². The van der Waals surface area contributed by atoms with E-state index < -0.39 is 0 Å². The topological polar surface area (TPSA) is 18.5 Å². The summed E-state index contributed by atoms with van der Waals surface area (Å²) >= 11 is 0. The Morgan fingerprint density at radius 3 is 2.17 bits per heavy atom. The Morgan fingerprint density at radius 2 is 1.61 bits per heavy atom. The summed E-state index contributed by atoms with van der Waals surface area (Å²) in [4.78, 5) is 0. The van der Waals surface area contributed by atoms with Gasteiger partial charge in [0.2, 0.25) is 0 Å². The van der Waals surface area contributed by atoms with Crippen molar-refractivity contribution in [2.24, 2.45) is 0 Å². The van der Waals surface area contributed by atoms with Gasteiger partial charge in [0, 0.05) is 0 Å². The van der Waals surface area contributed by atoms with E-state index in [1.165, 1.54) is 31.2 Å². The fourth-order valence-electron chi connectivity index (χ4n) is 2.52. The third kappa shape index (κ3) is 8.38. The Morgan fingerprint density at radius 1 is 0.957 bits per heavy atom. The van der Waals surface area contributed by atoms with Gasteiger partial charge in [-0.25, -0.2) is 0 Å². The molecule has 0 aliphatic rings. The van der Waals surface area contributed by atoms with Crippen LogP contribution in [0.3, 0.4) is 0 Å². The molecular formula is C20H36NO2+. The SMILES string of the molecule is CCCCCC(C)(C)c1ccc(OCCOC[N+](C)(C)C)cc1. The van der Waals surface area contributed by atoms with Crippen LogP contribution in [0.4, 0.5) is 0 Å². The van der Waals surface area contributed by atoms with Crippen molar-refractivity contribution in [2.45, 2.75) is 51.9 Å². The molecule has 1 rings (SSSR count). The molecule has 0 aromatic heterocycles. The van der Waals surface area contributed by atoms with Gasteiger partial charge in [-0.15, -0.1) is 0 Å². The lowest BCUT2D eigenvalue weighted by atomic mass is 9.80. The van der Waals surface area contributed by atoms with E-state index in [9.17, 15) is 0 Å². The molecule has 0 saturated carbocycles. The lowest BCUT2D eigenvalue weighted by Gasteiger charge is -2.25. The third-order valence-corrected chi connectivity index (χ3v) is 4.02. The number of unbranched alkanes of at least 4 members (excludes halogenated alkanes) is 2. The van der Waals surface area contributed by atoms with E-state index in [0.29, 0.717) is 19.9 Å². The van der Waals surface area contributed by atoms with Crippen molar-refractivity contribution in [3.63, 3.8) is 0 Å². The Hall–Kier alpha value is -1.06. The van der Waals surface area contributed by atoms with Crippen LogP contribution in [0.1, 0.15) is 52.0 Å². The highest BCUT2D eigenvalue weighted by molar-refractivity contribution is 5.31. The summed E-state index contributed by atoms with van der Waals surface area (Å²) < 4.78 is 12.2. The van der Waals surface area contributed by atoms with Crippen molar-refractivity contribution in [1.29, 1.82) is 0 Å². The Balaban J connectivity index is 2.38. The average Bonchev–Trinajstić information content (AvgIpc) is 2.46. The molecule has 0 atom stereocenters. The van der Waals surface area contributed by atoms with Crippen LogP contribution in [-0.4, -0.2) is 45.6 Å². The maximum atomic E-state index is 5.75. The number of nitrogens with zero attached hydrogens (tertiary/aromatic N) is 1. The molecule has 0 aliphatic heterocycles. The predicted molar refractivity (Wildman–Crippen MR) is 98.0 cm³/mol. The van der Waals surface area contributed by atoms with Gasteiger partial charge in [-0.3, -0.25) is 0 Å². The normalized spacial score (nSPS) is 12.4. The summed E-state index contributed by atoms with van der Waals surface area (Å²) in [6.45, 7) is 8.84. The second kappa shape index (κ2) is 9.29. The van der Waals surface area contributed by atoms with Crippen LogP contribution in [0.5, 0.6) is 5.75 Å². The summed E-state index contributed by atoms with van der Waals surface area (Å²) in [5.74, 6) is 0.923. The molecule has 132 valence electrons. The van der Waals surface area contributed by atoms with Crippen LogP contribution in [-0.2, 0) is 10.2 Å². The second-order valence-corrected chi connectivity index (χ2v) is 8.04. The summed E-state index contributed by atoms with van der Waals surface area (Å²) in [6, 6.07) is 8.57. The fourth-order valence-corrected chi connectivity index (χ4v) is 2.52. The maximum absolute atomic E-state index is 5.75. The van der Waals surface area contributed by atoms with Crippen LogP contribution in [0.15, 0.2) is 24.3 Å². The lowest BCUT2D eigenvalue weighted by Crippen LogP contribution is -2.37. The smallest absolute Gasteiger partial charge is 0.182 e. The molecule has 1 aromatic carbocycles. The van der Waals surface area contributed by atoms with Crippen molar-refractivity contribution in [3.8, 4) is 5.75 Å². The zero-order valence-corrected chi connectivity index (χ0v) is 16.0. The lowest BCUT2D eigenvalue weighted by molar-refractivity contribution is -0.890. The quantitative estimate of drug-likeness (QED) is 0.337. The van der Waals surface area contributed by atoms with Gasteiger partial charge in [0.25, 0.3) is 0 Å². The fraction of sp³-hybridized carbons (Fsp3) is 0.700. The molecule has 23 heavy (non-hydrogen) atoms. The highest BCUT2D eigenvalue weighted by Gasteiger charge is 2.19. The largest absolute Gasteiger partial charge is 0.491 e. The number of benzene rings is 1. The zero-order chi connectivity index (χ0) is 17.3. The molecule has 0 heterocycles. The van der Waals surface area contributed by atoms with Crippen molar-refractivity contribution in [1.82, 2.24) is 0 Å². The van der Waals surface area contributed by atoms with E-state index in [1.54, 1.807) is 0 Å². The second-order valence-electron chi connectivity index (χ2n) is 8.04. The van der Waals surface area contributed by atoms with Gasteiger partial charge in [0.05, 0.1) is 27.7 Å². The van der Waals surface area contributed by atoms with Crippen molar-refractivity contribution < 1.29 is 14.0 Å². The van der Waals surface area contributed by atoms with Crippen LogP contribution < -0.4 is 4.74 Å². The Labute approximate surface area is 143 Å². The van der Waals surface area contributed by atoms with Gasteiger partial charge < -0.3 is 14.0 Å². The zero-order valence-electron chi connectivity index (χ0n) is 16.0. The van der Waals surface area contributed by atoms with Crippen LogP contribution >= 0.6 is 0 Å². The third-order valence-electron chi connectivity index (χ3n) is 4.02. The molecule has 1 aromatic rings. The van der Waals surface area contributed by atoms with Gasteiger partial charge in [0.15, 0.2) is 6.73 Å². The molecular weight excluding hydrogens is 286 g/mol. The molecule has 0 bridgehead atoms. The molecule has 0 aliphatic carbocycles. The number of hydrogen-bond acceptors (Lipinski definition) is 2. The maximum Gasteiger partial charge on any atom is 0.182 e. The first-order chi connectivity index (χ1) is 10.7. The van der Waals surface area contributed by atoms with Crippen molar-refractivity contribution in [2.75, 3.05) is 41.1 Å². The summed E-state index contributed by atoms with van der Waals surface area (Å²) in [5, 5.41) is 0. The number of hydrogen-bond donors (Lipinski definition) is 0. The molecule has 0 unspecified atom stereocenters. The van der Waals surface area contributed by atoms with E-state index in [1.807, 2.05) is 0 Å². The summed E-state index contributed by atoms with van der Waals surface area (Å²) in [7, 11) is 6.34. The number of rotatable bonds is 11. The molecule has 3 nitrogen and oxygen atoms in total. The van der Waals surface area contributed by atoms with Crippen LogP contribution in [0, 0.1) is 0 Å². The average molecular weight is 323 g/mol. The van der Waals surface area contributed by atoms with Gasteiger partial charge in [-0.2, -0.15) is 0 Å². The minimum atomic E-state index is 0.238. The molecule has 0 saturated heterocycles. The van der Waals surface area contributed by atoms with E-state index in [2.05, 4.69) is 66.2 Å². The van der Waals surface area contributed by atoms with Gasteiger partial charge in [0.1, 0.15) is 12.4 Å². The number of quaternary nitrogens is 1. The summed E-state index contributed by atoms with van der Waals surface area (Å²) in [5.41, 5.74) is 1.63. The predicted octanol–water partition coefficient (Wildman–Crippen LogP) is 4.60. The van der Waals surface area contributed by atoms with Gasteiger partial charge >= 0.3 is 0 Å². The monoisotopic (exact) mass is 322 g/mol. The number of ether oxygens (including phenoxy) is 2. The molecule has 0 N–H and O–H groups in total. The van der Waals surface area contributed by atoms with Crippen LogP contribution in [0.2, 0.25) is 0 Å². The van der Waals surface area contributed by atoms with E-state index in [0.717, 1.165) is 10.2 Å². The van der Waals surface area contributed by atoms with Gasteiger partial charge in [-0.05, 0) is 29.5 Å².